The minimum atomic E-state index is 0.798. The molecule has 0 saturated heterocycles. The van der Waals surface area contributed by atoms with E-state index < -0.39 is 0 Å². The van der Waals surface area contributed by atoms with Gasteiger partial charge in [-0.1, -0.05) is 17.8 Å². The Balaban J connectivity index is 1.87. The Hall–Kier alpha value is -0.570. The predicted molar refractivity (Wildman–Crippen MR) is 53.5 cm³/mol. The molecule has 70 valence electrons. The van der Waals surface area contributed by atoms with E-state index in [0.29, 0.717) is 0 Å². The molecular formula is C10H15N2S+. The smallest absolute Gasteiger partial charge is 0.278 e. The van der Waals surface area contributed by atoms with Crippen molar-refractivity contribution in [2.45, 2.75) is 31.6 Å². The number of aromatic amines is 1. The summed E-state index contributed by atoms with van der Waals surface area (Å²) in [6.07, 6.45) is 5.78. The standard InChI is InChI=1S/C10H14N2S/c11-10-12-9(5-13-10)8-4-6-1-2-7(8)3-6/h5-8H,1-4H2,(H2,11,12)/p+1/t6-,7+,8?/m1/s1. The molecule has 13 heavy (non-hydrogen) atoms. The Labute approximate surface area is 82.2 Å². The minimum Gasteiger partial charge on any atom is -0.278 e. The van der Waals surface area contributed by atoms with Gasteiger partial charge in [0.25, 0.3) is 0 Å². The van der Waals surface area contributed by atoms with Gasteiger partial charge in [-0.15, -0.1) is 0 Å². The number of fused-ring (bicyclic) bond motifs is 2. The summed E-state index contributed by atoms with van der Waals surface area (Å²) < 4.78 is 0. The molecule has 0 aromatic carbocycles. The van der Waals surface area contributed by atoms with Crippen molar-refractivity contribution in [3.05, 3.63) is 11.1 Å². The Morgan fingerprint density at radius 1 is 1.38 bits per heavy atom. The zero-order valence-electron chi connectivity index (χ0n) is 7.62. The van der Waals surface area contributed by atoms with Gasteiger partial charge in [0, 0.05) is 11.3 Å². The van der Waals surface area contributed by atoms with Gasteiger partial charge in [0.05, 0.1) is 0 Å². The van der Waals surface area contributed by atoms with Crippen LogP contribution in [0.2, 0.25) is 0 Å². The van der Waals surface area contributed by atoms with Gasteiger partial charge < -0.3 is 0 Å². The molecule has 2 aliphatic carbocycles. The Kier molecular flexibility index (Phi) is 1.62. The third kappa shape index (κ3) is 1.17. The summed E-state index contributed by atoms with van der Waals surface area (Å²) >= 11 is 1.64. The van der Waals surface area contributed by atoms with Crippen molar-refractivity contribution in [2.24, 2.45) is 11.8 Å². The van der Waals surface area contributed by atoms with Gasteiger partial charge in [-0.2, -0.15) is 0 Å². The first-order valence-corrected chi connectivity index (χ1v) is 5.97. The fourth-order valence-corrected chi connectivity index (χ4v) is 3.80. The first-order chi connectivity index (χ1) is 6.33. The molecule has 2 bridgehead atoms. The van der Waals surface area contributed by atoms with Crippen molar-refractivity contribution in [1.82, 2.24) is 0 Å². The summed E-state index contributed by atoms with van der Waals surface area (Å²) in [4.78, 5) is 3.30. The summed E-state index contributed by atoms with van der Waals surface area (Å²) in [5.74, 6) is 2.77. The summed E-state index contributed by atoms with van der Waals surface area (Å²) in [5.41, 5.74) is 7.11. The number of nitrogens with one attached hydrogen (secondary N) is 1. The van der Waals surface area contributed by atoms with E-state index >= 15 is 0 Å². The average molecular weight is 195 g/mol. The zero-order valence-corrected chi connectivity index (χ0v) is 8.44. The van der Waals surface area contributed by atoms with E-state index in [2.05, 4.69) is 10.4 Å². The number of rotatable bonds is 1. The van der Waals surface area contributed by atoms with Crippen LogP contribution in [0.5, 0.6) is 0 Å². The molecule has 1 aromatic heterocycles. The average Bonchev–Trinajstić information content (AvgIpc) is 2.77. The summed E-state index contributed by atoms with van der Waals surface area (Å²) in [6, 6.07) is 0. The summed E-state index contributed by atoms with van der Waals surface area (Å²) in [5, 5.41) is 3.07. The van der Waals surface area contributed by atoms with Gasteiger partial charge >= 0.3 is 5.13 Å². The molecule has 0 spiro atoms. The van der Waals surface area contributed by atoms with Crippen molar-refractivity contribution < 1.29 is 4.98 Å². The van der Waals surface area contributed by atoms with E-state index in [4.69, 9.17) is 5.73 Å². The van der Waals surface area contributed by atoms with Gasteiger partial charge in [0.2, 0.25) is 0 Å². The number of thiazole rings is 1. The molecule has 3 rings (SSSR count). The van der Waals surface area contributed by atoms with Crippen molar-refractivity contribution in [3.63, 3.8) is 0 Å². The number of H-pyrrole nitrogens is 1. The molecule has 1 unspecified atom stereocenters. The molecule has 2 nitrogen and oxygen atoms in total. The molecule has 0 radical (unpaired) electrons. The maximum atomic E-state index is 5.71. The Morgan fingerprint density at radius 2 is 2.31 bits per heavy atom. The largest absolute Gasteiger partial charge is 0.329 e. The molecule has 0 aliphatic heterocycles. The van der Waals surface area contributed by atoms with Crippen molar-refractivity contribution in [1.29, 1.82) is 0 Å². The highest BCUT2D eigenvalue weighted by Gasteiger charge is 2.41. The van der Waals surface area contributed by atoms with Gasteiger partial charge in [-0.05, 0) is 31.1 Å². The molecule has 2 aliphatic rings. The van der Waals surface area contributed by atoms with Gasteiger partial charge in [-0.25, -0.2) is 4.98 Å². The van der Waals surface area contributed by atoms with E-state index in [1.165, 1.54) is 31.4 Å². The number of aromatic nitrogens is 1. The minimum absolute atomic E-state index is 0.798. The van der Waals surface area contributed by atoms with E-state index in [1.807, 2.05) is 0 Å². The normalized spacial score (nSPS) is 37.1. The molecular weight excluding hydrogens is 180 g/mol. The highest BCUT2D eigenvalue weighted by molar-refractivity contribution is 7.13. The van der Waals surface area contributed by atoms with Crippen molar-refractivity contribution in [2.75, 3.05) is 5.73 Å². The van der Waals surface area contributed by atoms with Crippen LogP contribution < -0.4 is 10.7 Å². The first-order valence-electron chi connectivity index (χ1n) is 5.09. The van der Waals surface area contributed by atoms with Crippen molar-refractivity contribution in [3.8, 4) is 0 Å². The van der Waals surface area contributed by atoms with Crippen LogP contribution in [0.1, 0.15) is 37.3 Å². The third-order valence-corrected chi connectivity index (χ3v) is 4.45. The maximum absolute atomic E-state index is 5.71. The first kappa shape index (κ1) is 7.80. The van der Waals surface area contributed by atoms with Crippen LogP contribution in [0.25, 0.3) is 0 Å². The Bertz CT molecular complexity index is 320. The third-order valence-electron chi connectivity index (χ3n) is 3.72. The lowest BCUT2D eigenvalue weighted by Crippen LogP contribution is -2.18. The fourth-order valence-electron chi connectivity index (χ4n) is 3.13. The molecule has 2 fully saturated rings. The van der Waals surface area contributed by atoms with Gasteiger partial charge in [-0.3, -0.25) is 5.73 Å². The highest BCUT2D eigenvalue weighted by Crippen LogP contribution is 2.52. The maximum Gasteiger partial charge on any atom is 0.329 e. The van der Waals surface area contributed by atoms with E-state index in [0.717, 1.165) is 22.9 Å². The van der Waals surface area contributed by atoms with Crippen LogP contribution in [0.3, 0.4) is 0 Å². The SMILES string of the molecule is Nc1[nH+]c(C2C[C@@H]3CC[C@H]2C3)cs1. The van der Waals surface area contributed by atoms with Crippen LogP contribution in [0, 0.1) is 11.8 Å². The number of anilines is 1. The van der Waals surface area contributed by atoms with Crippen LogP contribution in [0.4, 0.5) is 5.13 Å². The van der Waals surface area contributed by atoms with Crippen LogP contribution >= 0.6 is 11.3 Å². The second-order valence-electron chi connectivity index (χ2n) is 4.46. The highest BCUT2D eigenvalue weighted by atomic mass is 32.1. The quantitative estimate of drug-likeness (QED) is 0.732. The summed E-state index contributed by atoms with van der Waals surface area (Å²) in [7, 11) is 0. The lowest BCUT2D eigenvalue weighted by molar-refractivity contribution is -0.370. The molecule has 0 amide bonds. The molecule has 1 heterocycles. The monoisotopic (exact) mass is 195 g/mol. The number of nitrogens with two attached hydrogens (primary N) is 1. The van der Waals surface area contributed by atoms with E-state index in [1.54, 1.807) is 11.3 Å². The number of hydrogen-bond acceptors (Lipinski definition) is 2. The lowest BCUT2D eigenvalue weighted by Gasteiger charge is -2.17. The second-order valence-corrected chi connectivity index (χ2v) is 5.37. The van der Waals surface area contributed by atoms with Crippen LogP contribution in [0.15, 0.2) is 5.38 Å². The van der Waals surface area contributed by atoms with E-state index in [-0.39, 0.29) is 0 Å². The van der Waals surface area contributed by atoms with Crippen LogP contribution in [-0.2, 0) is 0 Å². The summed E-state index contributed by atoms with van der Waals surface area (Å²) in [6.45, 7) is 0. The van der Waals surface area contributed by atoms with Gasteiger partial charge in [0.1, 0.15) is 5.69 Å². The lowest BCUT2D eigenvalue weighted by atomic mass is 9.87. The number of hydrogen-bond donors (Lipinski definition) is 1. The molecule has 3 N–H and O–H groups in total. The second kappa shape index (κ2) is 2.71. The molecule has 1 aromatic rings. The van der Waals surface area contributed by atoms with E-state index in [9.17, 15) is 0 Å². The molecule has 3 atom stereocenters. The predicted octanol–water partition coefficient (Wildman–Crippen LogP) is 2.05. The zero-order chi connectivity index (χ0) is 8.84. The van der Waals surface area contributed by atoms with Crippen molar-refractivity contribution >= 4 is 16.5 Å². The molecule has 3 heteroatoms. The fraction of sp³-hybridized carbons (Fsp3) is 0.700. The topological polar surface area (TPSA) is 40.2 Å². The Morgan fingerprint density at radius 3 is 2.85 bits per heavy atom. The number of nitrogen functional groups attached to an aromatic ring is 1. The molecule has 2 saturated carbocycles. The van der Waals surface area contributed by atoms with Gasteiger partial charge in [0.15, 0.2) is 0 Å². The van der Waals surface area contributed by atoms with Crippen LogP contribution in [-0.4, -0.2) is 0 Å².